The Morgan fingerprint density at radius 1 is 1.76 bits per heavy atom. The molecule has 0 spiro atoms. The minimum Gasteiger partial charge on any atom is -0.480 e. The van der Waals surface area contributed by atoms with Crippen LogP contribution in [0.2, 0.25) is 0 Å². The van der Waals surface area contributed by atoms with Gasteiger partial charge in [0.1, 0.15) is 12.4 Å². The number of allylic oxidation sites excluding steroid dienone is 1. The van der Waals surface area contributed by atoms with Gasteiger partial charge in [-0.05, 0) is 39.3 Å². The standard InChI is InChI=1S/C11H20N4O2/c1-8-6-9(2)15(7-13-8)14-10(11(16)17)4-3-5-12/h6-7,9-10,14H,3-5,12H2,1-2H3,(H,16,17)/t9?,10-/m0/s1. The smallest absolute Gasteiger partial charge is 0.322 e. The molecule has 6 heteroatoms. The highest BCUT2D eigenvalue weighted by Gasteiger charge is 2.21. The molecule has 1 aliphatic heterocycles. The molecule has 0 bridgehead atoms. The molecule has 17 heavy (non-hydrogen) atoms. The average Bonchev–Trinajstić information content (AvgIpc) is 2.26. The highest BCUT2D eigenvalue weighted by molar-refractivity contribution is 5.73. The van der Waals surface area contributed by atoms with Crippen molar-refractivity contribution in [3.05, 3.63) is 11.8 Å². The lowest BCUT2D eigenvalue weighted by Crippen LogP contribution is -2.51. The Morgan fingerprint density at radius 3 is 3.00 bits per heavy atom. The monoisotopic (exact) mass is 240 g/mol. The summed E-state index contributed by atoms with van der Waals surface area (Å²) in [5.74, 6) is -0.870. The van der Waals surface area contributed by atoms with Gasteiger partial charge in [0.25, 0.3) is 0 Å². The molecule has 1 heterocycles. The molecular formula is C11H20N4O2. The second-order valence-corrected chi connectivity index (χ2v) is 4.15. The highest BCUT2D eigenvalue weighted by Crippen LogP contribution is 2.09. The quantitative estimate of drug-likeness (QED) is 0.622. The van der Waals surface area contributed by atoms with Crippen molar-refractivity contribution in [1.29, 1.82) is 0 Å². The largest absolute Gasteiger partial charge is 0.480 e. The Labute approximate surface area is 101 Å². The lowest BCUT2D eigenvalue weighted by atomic mass is 10.1. The second kappa shape index (κ2) is 6.36. The van der Waals surface area contributed by atoms with Gasteiger partial charge < -0.3 is 10.8 Å². The first-order valence-corrected chi connectivity index (χ1v) is 5.74. The van der Waals surface area contributed by atoms with Crippen molar-refractivity contribution in [3.63, 3.8) is 0 Å². The summed E-state index contributed by atoms with van der Waals surface area (Å²) in [6.07, 6.45) is 4.77. The molecule has 0 aromatic heterocycles. The summed E-state index contributed by atoms with van der Waals surface area (Å²) in [6, 6.07) is -0.536. The van der Waals surface area contributed by atoms with E-state index in [-0.39, 0.29) is 6.04 Å². The molecule has 0 fully saturated rings. The molecule has 0 aromatic carbocycles. The van der Waals surface area contributed by atoms with Crippen molar-refractivity contribution in [3.8, 4) is 0 Å². The van der Waals surface area contributed by atoms with Gasteiger partial charge in [-0.3, -0.25) is 9.80 Å². The van der Waals surface area contributed by atoms with Crippen LogP contribution in [-0.4, -0.2) is 41.1 Å². The van der Waals surface area contributed by atoms with Crippen LogP contribution in [0.4, 0.5) is 0 Å². The van der Waals surface area contributed by atoms with Crippen molar-refractivity contribution in [1.82, 2.24) is 10.4 Å². The third-order valence-corrected chi connectivity index (χ3v) is 2.61. The summed E-state index contributed by atoms with van der Waals surface area (Å²) in [5.41, 5.74) is 9.26. The first kappa shape index (κ1) is 13.7. The number of nitrogens with two attached hydrogens (primary N) is 1. The van der Waals surface area contributed by atoms with E-state index in [1.807, 2.05) is 19.9 Å². The maximum Gasteiger partial charge on any atom is 0.322 e. The molecule has 0 radical (unpaired) electrons. The normalized spacial score (nSPS) is 21.2. The van der Waals surface area contributed by atoms with Crippen LogP contribution in [0.1, 0.15) is 26.7 Å². The summed E-state index contributed by atoms with van der Waals surface area (Å²) < 4.78 is 0. The molecule has 96 valence electrons. The van der Waals surface area contributed by atoms with Gasteiger partial charge in [0, 0.05) is 5.70 Å². The Balaban J connectivity index is 2.56. The van der Waals surface area contributed by atoms with Crippen LogP contribution in [0, 0.1) is 0 Å². The summed E-state index contributed by atoms with van der Waals surface area (Å²) in [7, 11) is 0. The summed E-state index contributed by atoms with van der Waals surface area (Å²) >= 11 is 0. The fraction of sp³-hybridized carbons (Fsp3) is 0.636. The predicted octanol–water partition coefficient (Wildman–Crippen LogP) is 0.319. The molecule has 1 rings (SSSR count). The third-order valence-electron chi connectivity index (χ3n) is 2.61. The number of nitrogens with one attached hydrogen (secondary N) is 1. The number of rotatable bonds is 6. The summed E-state index contributed by atoms with van der Waals surface area (Å²) in [4.78, 5) is 15.2. The minimum atomic E-state index is -0.870. The number of hydrogen-bond donors (Lipinski definition) is 3. The number of carboxylic acids is 1. The first-order chi connectivity index (χ1) is 8.04. The van der Waals surface area contributed by atoms with Gasteiger partial charge in [-0.25, -0.2) is 10.4 Å². The van der Waals surface area contributed by atoms with Gasteiger partial charge in [-0.1, -0.05) is 0 Å². The van der Waals surface area contributed by atoms with Crippen molar-refractivity contribution in [2.24, 2.45) is 10.7 Å². The number of carbonyl (C=O) groups is 1. The van der Waals surface area contributed by atoms with Crippen molar-refractivity contribution in [2.45, 2.75) is 38.8 Å². The lowest BCUT2D eigenvalue weighted by Gasteiger charge is -2.31. The van der Waals surface area contributed by atoms with Crippen molar-refractivity contribution >= 4 is 12.3 Å². The molecule has 0 saturated carbocycles. The zero-order chi connectivity index (χ0) is 12.8. The molecule has 1 unspecified atom stereocenters. The van der Waals surface area contributed by atoms with Gasteiger partial charge in [0.2, 0.25) is 0 Å². The van der Waals surface area contributed by atoms with Gasteiger partial charge in [0.05, 0.1) is 6.04 Å². The van der Waals surface area contributed by atoms with Crippen LogP contribution in [-0.2, 0) is 4.79 Å². The molecule has 0 aliphatic carbocycles. The molecule has 2 atom stereocenters. The molecule has 1 aliphatic rings. The van der Waals surface area contributed by atoms with E-state index in [0.717, 1.165) is 5.70 Å². The van der Waals surface area contributed by atoms with E-state index >= 15 is 0 Å². The van der Waals surface area contributed by atoms with Gasteiger partial charge in [-0.2, -0.15) is 0 Å². The number of carboxylic acid groups (broad SMARTS) is 1. The van der Waals surface area contributed by atoms with Crippen molar-refractivity contribution in [2.75, 3.05) is 6.54 Å². The molecule has 4 N–H and O–H groups in total. The van der Waals surface area contributed by atoms with Gasteiger partial charge in [0.15, 0.2) is 0 Å². The predicted molar refractivity (Wildman–Crippen MR) is 66.4 cm³/mol. The third kappa shape index (κ3) is 4.16. The van der Waals surface area contributed by atoms with Gasteiger partial charge in [-0.15, -0.1) is 0 Å². The van der Waals surface area contributed by atoms with E-state index < -0.39 is 12.0 Å². The van der Waals surface area contributed by atoms with Crippen LogP contribution < -0.4 is 11.2 Å². The van der Waals surface area contributed by atoms with Crippen molar-refractivity contribution < 1.29 is 9.90 Å². The minimum absolute atomic E-state index is 0.0900. The first-order valence-electron chi connectivity index (χ1n) is 5.74. The Hall–Kier alpha value is -1.40. The second-order valence-electron chi connectivity index (χ2n) is 4.15. The van der Waals surface area contributed by atoms with E-state index in [1.165, 1.54) is 0 Å². The number of hydrogen-bond acceptors (Lipinski definition) is 5. The maximum atomic E-state index is 11.1. The topological polar surface area (TPSA) is 91.0 Å². The van der Waals surface area contributed by atoms with Crippen LogP contribution in [0.15, 0.2) is 16.8 Å². The zero-order valence-corrected chi connectivity index (χ0v) is 10.3. The number of hydrazine groups is 1. The highest BCUT2D eigenvalue weighted by atomic mass is 16.4. The van der Waals surface area contributed by atoms with E-state index in [2.05, 4.69) is 10.4 Å². The summed E-state index contributed by atoms with van der Waals surface area (Å²) in [6.45, 7) is 4.38. The fourth-order valence-corrected chi connectivity index (χ4v) is 1.63. The van der Waals surface area contributed by atoms with Crippen LogP contribution >= 0.6 is 0 Å². The van der Waals surface area contributed by atoms with E-state index in [1.54, 1.807) is 11.3 Å². The lowest BCUT2D eigenvalue weighted by molar-refractivity contribution is -0.140. The molecular weight excluding hydrogens is 220 g/mol. The van der Waals surface area contributed by atoms with Gasteiger partial charge >= 0.3 is 5.97 Å². The number of nitrogens with zero attached hydrogens (tertiary/aromatic N) is 2. The zero-order valence-electron chi connectivity index (χ0n) is 10.3. The fourth-order valence-electron chi connectivity index (χ4n) is 1.63. The van der Waals surface area contributed by atoms with E-state index in [9.17, 15) is 4.79 Å². The maximum absolute atomic E-state index is 11.1. The number of aliphatic imine (C=N–C) groups is 1. The van der Waals surface area contributed by atoms with Crippen LogP contribution in [0.5, 0.6) is 0 Å². The number of aliphatic carboxylic acids is 1. The molecule has 0 saturated heterocycles. The van der Waals surface area contributed by atoms with E-state index in [4.69, 9.17) is 10.8 Å². The molecule has 6 nitrogen and oxygen atoms in total. The van der Waals surface area contributed by atoms with Crippen LogP contribution in [0.25, 0.3) is 0 Å². The molecule has 0 aromatic rings. The summed E-state index contributed by atoms with van der Waals surface area (Å²) in [5, 5.41) is 10.8. The SMILES string of the molecule is CC1=CC(C)N(N[C@@H](CCCN)C(=O)O)C=N1. The average molecular weight is 240 g/mol. The van der Waals surface area contributed by atoms with Crippen LogP contribution in [0.3, 0.4) is 0 Å². The molecule has 0 amide bonds. The Kier molecular flexibility index (Phi) is 5.11. The Morgan fingerprint density at radius 2 is 2.47 bits per heavy atom. The Bertz CT molecular complexity index is 327. The van der Waals surface area contributed by atoms with E-state index in [0.29, 0.717) is 19.4 Å².